The first-order valence-corrected chi connectivity index (χ1v) is 7.42. The molecular formula is C12H16N2O5S. The number of hydrogen-bond acceptors (Lipinski definition) is 5. The third-order valence-electron chi connectivity index (χ3n) is 2.99. The molecular weight excluding hydrogens is 284 g/mol. The number of nitrogens with zero attached hydrogens (tertiary/aromatic N) is 1. The van der Waals surface area contributed by atoms with Crippen LogP contribution < -0.4 is 14.8 Å². The molecule has 1 saturated heterocycles. The van der Waals surface area contributed by atoms with Crippen LogP contribution in [0.3, 0.4) is 0 Å². The van der Waals surface area contributed by atoms with Crippen molar-refractivity contribution in [3.63, 3.8) is 0 Å². The molecule has 0 radical (unpaired) electrons. The van der Waals surface area contributed by atoms with Crippen molar-refractivity contribution in [3.05, 3.63) is 18.2 Å². The van der Waals surface area contributed by atoms with E-state index >= 15 is 0 Å². The maximum absolute atomic E-state index is 12.6. The Bertz CT molecular complexity index is 614. The number of sulfonamides is 1. The van der Waals surface area contributed by atoms with Crippen molar-refractivity contribution in [2.24, 2.45) is 0 Å². The fourth-order valence-corrected chi connectivity index (χ4v) is 3.51. The van der Waals surface area contributed by atoms with Gasteiger partial charge in [0.15, 0.2) is 0 Å². The van der Waals surface area contributed by atoms with E-state index in [0.29, 0.717) is 12.3 Å². The van der Waals surface area contributed by atoms with Gasteiger partial charge in [0.05, 0.1) is 20.8 Å². The Morgan fingerprint density at radius 3 is 2.60 bits per heavy atom. The van der Waals surface area contributed by atoms with Crippen molar-refractivity contribution >= 4 is 15.9 Å². The highest BCUT2D eigenvalue weighted by Gasteiger charge is 2.31. The summed E-state index contributed by atoms with van der Waals surface area (Å²) < 4.78 is 36.4. The Hall–Kier alpha value is -1.80. The van der Waals surface area contributed by atoms with E-state index in [0.717, 1.165) is 4.31 Å². The Morgan fingerprint density at radius 2 is 2.00 bits per heavy atom. The van der Waals surface area contributed by atoms with E-state index in [4.69, 9.17) is 9.47 Å². The molecule has 1 aliphatic heterocycles. The third-order valence-corrected chi connectivity index (χ3v) is 4.86. The number of methoxy groups -OCH3 is 2. The Kier molecular flexibility index (Phi) is 4.15. The third kappa shape index (κ3) is 2.70. The van der Waals surface area contributed by atoms with Gasteiger partial charge in [-0.25, -0.2) is 8.42 Å². The van der Waals surface area contributed by atoms with Gasteiger partial charge in [-0.05, 0) is 12.1 Å². The molecule has 1 N–H and O–H groups in total. The van der Waals surface area contributed by atoms with Gasteiger partial charge in [-0.2, -0.15) is 4.31 Å². The second kappa shape index (κ2) is 5.68. The molecule has 1 aliphatic rings. The number of carbonyl (C=O) groups is 1. The zero-order chi connectivity index (χ0) is 14.8. The molecule has 2 rings (SSSR count). The smallest absolute Gasteiger partial charge is 0.247 e. The lowest BCUT2D eigenvalue weighted by Crippen LogP contribution is -2.49. The summed E-state index contributed by atoms with van der Waals surface area (Å²) in [6, 6.07) is 4.52. The van der Waals surface area contributed by atoms with E-state index in [9.17, 15) is 13.2 Å². The van der Waals surface area contributed by atoms with E-state index in [1.165, 1.54) is 26.4 Å². The average molecular weight is 300 g/mol. The summed E-state index contributed by atoms with van der Waals surface area (Å²) in [6.45, 7) is 0.335. The summed E-state index contributed by atoms with van der Waals surface area (Å²) in [7, 11) is -0.959. The zero-order valence-corrected chi connectivity index (χ0v) is 12.1. The number of piperazine rings is 1. The number of ether oxygens (including phenoxy) is 2. The van der Waals surface area contributed by atoms with Crippen molar-refractivity contribution < 1.29 is 22.7 Å². The van der Waals surface area contributed by atoms with Gasteiger partial charge in [-0.15, -0.1) is 0 Å². The first-order chi connectivity index (χ1) is 9.48. The van der Waals surface area contributed by atoms with Gasteiger partial charge in [0.1, 0.15) is 16.4 Å². The number of rotatable bonds is 4. The van der Waals surface area contributed by atoms with Crippen LogP contribution in [0.15, 0.2) is 23.1 Å². The van der Waals surface area contributed by atoms with Gasteiger partial charge in [-0.1, -0.05) is 0 Å². The standard InChI is InChI=1S/C12H16N2O5S/c1-18-9-3-4-10(19-2)11(7-9)20(16,17)14-6-5-13-12(15)8-14/h3-4,7H,5-6,8H2,1-2H3,(H,13,15). The Balaban J connectivity index is 2.44. The first-order valence-electron chi connectivity index (χ1n) is 5.98. The predicted molar refractivity (Wildman–Crippen MR) is 71.3 cm³/mol. The van der Waals surface area contributed by atoms with Gasteiger partial charge < -0.3 is 14.8 Å². The lowest BCUT2D eigenvalue weighted by molar-refractivity contribution is -0.122. The van der Waals surface area contributed by atoms with Gasteiger partial charge in [0.2, 0.25) is 15.9 Å². The van der Waals surface area contributed by atoms with E-state index in [1.807, 2.05) is 0 Å². The molecule has 0 spiro atoms. The monoisotopic (exact) mass is 300 g/mol. The highest BCUT2D eigenvalue weighted by molar-refractivity contribution is 7.89. The van der Waals surface area contributed by atoms with Crippen LogP contribution >= 0.6 is 0 Å². The lowest BCUT2D eigenvalue weighted by Gasteiger charge is -2.26. The van der Waals surface area contributed by atoms with E-state index in [2.05, 4.69) is 5.32 Å². The van der Waals surface area contributed by atoms with E-state index < -0.39 is 10.0 Å². The topological polar surface area (TPSA) is 84.9 Å². The normalized spacial score (nSPS) is 16.6. The van der Waals surface area contributed by atoms with Crippen LogP contribution in [0, 0.1) is 0 Å². The summed E-state index contributed by atoms with van der Waals surface area (Å²) in [5.74, 6) is 0.310. The minimum atomic E-state index is -3.80. The summed E-state index contributed by atoms with van der Waals surface area (Å²) in [6.07, 6.45) is 0. The molecule has 0 atom stereocenters. The van der Waals surface area contributed by atoms with Crippen LogP contribution in [-0.4, -0.2) is 52.5 Å². The molecule has 1 aromatic rings. The molecule has 20 heavy (non-hydrogen) atoms. The first kappa shape index (κ1) is 14.6. The molecule has 1 aromatic carbocycles. The minimum absolute atomic E-state index is 0.00551. The highest BCUT2D eigenvalue weighted by Crippen LogP contribution is 2.30. The van der Waals surface area contributed by atoms with Gasteiger partial charge in [0, 0.05) is 19.2 Å². The Morgan fingerprint density at radius 1 is 1.25 bits per heavy atom. The van der Waals surface area contributed by atoms with Crippen LogP contribution in [0.25, 0.3) is 0 Å². The van der Waals surface area contributed by atoms with Crippen molar-refractivity contribution in [1.82, 2.24) is 9.62 Å². The largest absolute Gasteiger partial charge is 0.497 e. The predicted octanol–water partition coefficient (Wildman–Crippen LogP) is -0.176. The summed E-state index contributed by atoms with van der Waals surface area (Å²) in [5, 5.41) is 2.59. The van der Waals surface area contributed by atoms with Crippen molar-refractivity contribution in [2.45, 2.75) is 4.90 Å². The number of amides is 1. The molecule has 1 amide bonds. The average Bonchev–Trinajstić information content (AvgIpc) is 2.46. The minimum Gasteiger partial charge on any atom is -0.497 e. The van der Waals surface area contributed by atoms with E-state index in [-0.39, 0.29) is 29.6 Å². The molecule has 1 heterocycles. The number of hydrogen-bond donors (Lipinski definition) is 1. The van der Waals surface area contributed by atoms with Gasteiger partial charge >= 0.3 is 0 Å². The van der Waals surface area contributed by atoms with Crippen LogP contribution in [0.1, 0.15) is 0 Å². The summed E-state index contributed by atoms with van der Waals surface area (Å²) >= 11 is 0. The molecule has 0 saturated carbocycles. The number of benzene rings is 1. The lowest BCUT2D eigenvalue weighted by atomic mass is 10.3. The number of nitrogens with one attached hydrogen (secondary N) is 1. The highest BCUT2D eigenvalue weighted by atomic mass is 32.2. The van der Waals surface area contributed by atoms with Crippen LogP contribution in [0.4, 0.5) is 0 Å². The van der Waals surface area contributed by atoms with Gasteiger partial charge in [-0.3, -0.25) is 4.79 Å². The summed E-state index contributed by atoms with van der Waals surface area (Å²) in [5.41, 5.74) is 0. The molecule has 7 nitrogen and oxygen atoms in total. The molecule has 110 valence electrons. The summed E-state index contributed by atoms with van der Waals surface area (Å²) in [4.78, 5) is 11.4. The van der Waals surface area contributed by atoms with E-state index in [1.54, 1.807) is 6.07 Å². The van der Waals surface area contributed by atoms with Crippen LogP contribution in [0.2, 0.25) is 0 Å². The van der Waals surface area contributed by atoms with Gasteiger partial charge in [0.25, 0.3) is 0 Å². The molecule has 0 aromatic heterocycles. The molecule has 0 aliphatic carbocycles. The maximum atomic E-state index is 12.6. The van der Waals surface area contributed by atoms with Crippen molar-refractivity contribution in [2.75, 3.05) is 33.9 Å². The number of carbonyl (C=O) groups excluding carboxylic acids is 1. The molecule has 8 heteroatoms. The maximum Gasteiger partial charge on any atom is 0.247 e. The fourth-order valence-electron chi connectivity index (χ4n) is 1.94. The molecule has 0 unspecified atom stereocenters. The fraction of sp³-hybridized carbons (Fsp3) is 0.417. The SMILES string of the molecule is COc1ccc(OC)c(S(=O)(=O)N2CCNC(=O)C2)c1. The van der Waals surface area contributed by atoms with Crippen LogP contribution in [0.5, 0.6) is 11.5 Å². The molecule has 0 bridgehead atoms. The van der Waals surface area contributed by atoms with Crippen molar-refractivity contribution in [1.29, 1.82) is 0 Å². The zero-order valence-electron chi connectivity index (χ0n) is 11.3. The second-order valence-electron chi connectivity index (χ2n) is 4.21. The quantitative estimate of drug-likeness (QED) is 0.834. The Labute approximate surface area is 117 Å². The molecule has 1 fully saturated rings. The van der Waals surface area contributed by atoms with Crippen LogP contribution in [-0.2, 0) is 14.8 Å². The second-order valence-corrected chi connectivity index (χ2v) is 6.11. The van der Waals surface area contributed by atoms with Crippen molar-refractivity contribution in [3.8, 4) is 11.5 Å².